The summed E-state index contributed by atoms with van der Waals surface area (Å²) in [5.41, 5.74) is 3.80. The second kappa shape index (κ2) is 10.8. The number of nitrogens with zero attached hydrogens (tertiary/aromatic N) is 3. The highest BCUT2D eigenvalue weighted by atomic mass is 32.2. The molecule has 1 aromatic heterocycles. The summed E-state index contributed by atoms with van der Waals surface area (Å²) in [6, 6.07) is 13.8. The van der Waals surface area contributed by atoms with Gasteiger partial charge in [-0.3, -0.25) is 4.79 Å². The molecule has 0 spiro atoms. The minimum absolute atomic E-state index is 0.0244. The number of hydrogen-bond donors (Lipinski definition) is 1. The van der Waals surface area contributed by atoms with Crippen LogP contribution in [0.25, 0.3) is 11.1 Å². The van der Waals surface area contributed by atoms with E-state index in [1.54, 1.807) is 32.4 Å². The zero-order valence-electron chi connectivity index (χ0n) is 19.7. The lowest BCUT2D eigenvalue weighted by Crippen LogP contribution is -2.28. The molecule has 1 amide bonds. The standard InChI is InChI=1S/C26H25FN4O3S/c1-31-12-11-20-18(14-31)24(16-7-6-10-22(33-2)25(16)34-3)17(13-28)26(30-20)35-15-23(32)29-21-9-5-4-8-19(21)27/h4-10H,11-12,14-15H2,1-3H3,(H,29,32). The number of anilines is 1. The van der Waals surface area contributed by atoms with Crippen LogP contribution in [0.4, 0.5) is 10.1 Å². The number of carbonyl (C=O) groups is 1. The van der Waals surface area contributed by atoms with Crippen molar-refractivity contribution in [2.45, 2.75) is 18.0 Å². The van der Waals surface area contributed by atoms with Crippen LogP contribution >= 0.6 is 11.8 Å². The van der Waals surface area contributed by atoms with Gasteiger partial charge in [0.15, 0.2) is 11.5 Å². The van der Waals surface area contributed by atoms with Crippen molar-refractivity contribution in [3.8, 4) is 28.7 Å². The summed E-state index contributed by atoms with van der Waals surface area (Å²) in [5.74, 6) is 0.169. The molecule has 0 atom stereocenters. The van der Waals surface area contributed by atoms with Gasteiger partial charge >= 0.3 is 0 Å². The van der Waals surface area contributed by atoms with Crippen molar-refractivity contribution in [1.82, 2.24) is 9.88 Å². The van der Waals surface area contributed by atoms with Crippen LogP contribution in [0, 0.1) is 17.1 Å². The van der Waals surface area contributed by atoms with Crippen LogP contribution in [0.2, 0.25) is 0 Å². The van der Waals surface area contributed by atoms with Crippen molar-refractivity contribution in [2.75, 3.05) is 38.9 Å². The quantitative estimate of drug-likeness (QED) is 0.486. The normalized spacial score (nSPS) is 13.0. The molecule has 0 saturated carbocycles. The Morgan fingerprint density at radius 2 is 2.03 bits per heavy atom. The Balaban J connectivity index is 1.75. The van der Waals surface area contributed by atoms with Gasteiger partial charge in [-0.05, 0) is 30.8 Å². The summed E-state index contributed by atoms with van der Waals surface area (Å²) in [6.45, 7) is 1.46. The molecule has 0 fully saturated rings. The maximum atomic E-state index is 13.9. The SMILES string of the molecule is COc1cccc(-c2c(C#N)c(SCC(=O)Nc3ccccc3F)nc3c2CN(C)CC3)c1OC. The smallest absolute Gasteiger partial charge is 0.234 e. The summed E-state index contributed by atoms with van der Waals surface area (Å²) in [7, 11) is 5.16. The monoisotopic (exact) mass is 492 g/mol. The number of carbonyl (C=O) groups excluding carboxylic acids is 1. The van der Waals surface area contributed by atoms with E-state index in [0.717, 1.165) is 40.7 Å². The molecule has 9 heteroatoms. The lowest BCUT2D eigenvalue weighted by atomic mass is 9.91. The molecule has 2 heterocycles. The molecule has 3 aromatic rings. The van der Waals surface area contributed by atoms with Crippen molar-refractivity contribution in [3.05, 3.63) is 65.1 Å². The Kier molecular flexibility index (Phi) is 7.54. The van der Waals surface area contributed by atoms with E-state index >= 15 is 0 Å². The van der Waals surface area contributed by atoms with E-state index in [2.05, 4.69) is 16.3 Å². The number of nitriles is 1. The van der Waals surface area contributed by atoms with Crippen LogP contribution in [0.15, 0.2) is 47.5 Å². The number of methoxy groups -OCH3 is 2. The number of benzene rings is 2. The predicted molar refractivity (Wildman–Crippen MR) is 133 cm³/mol. The Bertz CT molecular complexity index is 1310. The average molecular weight is 493 g/mol. The second-order valence-electron chi connectivity index (χ2n) is 8.05. The summed E-state index contributed by atoms with van der Waals surface area (Å²) >= 11 is 1.16. The van der Waals surface area contributed by atoms with E-state index in [1.165, 1.54) is 12.1 Å². The molecule has 35 heavy (non-hydrogen) atoms. The molecule has 1 N–H and O–H groups in total. The molecule has 4 rings (SSSR count). The summed E-state index contributed by atoms with van der Waals surface area (Å²) in [6.07, 6.45) is 0.714. The topological polar surface area (TPSA) is 87.5 Å². The van der Waals surface area contributed by atoms with Gasteiger partial charge in [-0.15, -0.1) is 0 Å². The number of pyridine rings is 1. The first kappa shape index (κ1) is 24.5. The number of para-hydroxylation sites is 2. The zero-order valence-corrected chi connectivity index (χ0v) is 20.5. The molecule has 1 aliphatic heterocycles. The Morgan fingerprint density at radius 3 is 2.74 bits per heavy atom. The first-order valence-corrected chi connectivity index (χ1v) is 12.0. The number of aromatic nitrogens is 1. The molecule has 1 aliphatic rings. The fourth-order valence-corrected chi connectivity index (χ4v) is 4.95. The van der Waals surface area contributed by atoms with E-state index in [0.29, 0.717) is 35.1 Å². The summed E-state index contributed by atoms with van der Waals surface area (Å²) < 4.78 is 25.1. The number of amides is 1. The molecule has 0 saturated heterocycles. The molecular weight excluding hydrogens is 467 g/mol. The number of fused-ring (bicyclic) bond motifs is 1. The van der Waals surface area contributed by atoms with Gasteiger partial charge < -0.3 is 19.7 Å². The van der Waals surface area contributed by atoms with Gasteiger partial charge in [0.25, 0.3) is 0 Å². The van der Waals surface area contributed by atoms with Crippen molar-refractivity contribution in [1.29, 1.82) is 5.26 Å². The van der Waals surface area contributed by atoms with Crippen molar-refractivity contribution >= 4 is 23.4 Å². The van der Waals surface area contributed by atoms with Gasteiger partial charge in [-0.25, -0.2) is 9.37 Å². The van der Waals surface area contributed by atoms with Gasteiger partial charge in [0.1, 0.15) is 16.9 Å². The Hall–Kier alpha value is -3.61. The Morgan fingerprint density at radius 1 is 1.23 bits per heavy atom. The third kappa shape index (κ3) is 5.09. The molecule has 0 radical (unpaired) electrons. The number of nitrogens with one attached hydrogen (secondary N) is 1. The van der Waals surface area contributed by atoms with Crippen LogP contribution in [0.1, 0.15) is 16.8 Å². The van der Waals surface area contributed by atoms with Crippen LogP contribution in [-0.2, 0) is 17.8 Å². The fourth-order valence-electron chi connectivity index (χ4n) is 4.14. The van der Waals surface area contributed by atoms with E-state index in [4.69, 9.17) is 14.5 Å². The minimum Gasteiger partial charge on any atom is -0.493 e. The van der Waals surface area contributed by atoms with E-state index < -0.39 is 5.82 Å². The molecule has 0 aliphatic carbocycles. The summed E-state index contributed by atoms with van der Waals surface area (Å²) in [4.78, 5) is 19.5. The van der Waals surface area contributed by atoms with Gasteiger partial charge in [0.05, 0.1) is 31.2 Å². The number of ether oxygens (including phenoxy) is 2. The first-order valence-electron chi connectivity index (χ1n) is 11.0. The fraction of sp³-hybridized carbons (Fsp3) is 0.269. The number of halogens is 1. The lowest BCUT2D eigenvalue weighted by Gasteiger charge is -2.28. The van der Waals surface area contributed by atoms with Crippen LogP contribution in [0.5, 0.6) is 11.5 Å². The van der Waals surface area contributed by atoms with Crippen LogP contribution in [0.3, 0.4) is 0 Å². The summed E-state index contributed by atoms with van der Waals surface area (Å²) in [5, 5.41) is 13.3. The first-order chi connectivity index (χ1) is 17.0. The molecular formula is C26H25FN4O3S. The number of likely N-dealkylation sites (N-methyl/N-ethyl adjacent to an activating group) is 1. The van der Waals surface area contributed by atoms with Crippen LogP contribution in [-0.4, -0.2) is 49.4 Å². The Labute approximate surface area is 207 Å². The van der Waals surface area contributed by atoms with Gasteiger partial charge in [-0.2, -0.15) is 5.26 Å². The van der Waals surface area contributed by atoms with E-state index in [9.17, 15) is 14.4 Å². The van der Waals surface area contributed by atoms with Gasteiger partial charge in [0, 0.05) is 36.3 Å². The molecule has 0 bridgehead atoms. The van der Waals surface area contributed by atoms with Gasteiger partial charge in [0.2, 0.25) is 5.91 Å². The highest BCUT2D eigenvalue weighted by molar-refractivity contribution is 8.00. The average Bonchev–Trinajstić information content (AvgIpc) is 2.87. The molecule has 2 aromatic carbocycles. The third-order valence-electron chi connectivity index (χ3n) is 5.78. The predicted octanol–water partition coefficient (Wildman–Crippen LogP) is 4.50. The van der Waals surface area contributed by atoms with Crippen LogP contribution < -0.4 is 14.8 Å². The van der Waals surface area contributed by atoms with Crippen molar-refractivity contribution < 1.29 is 18.7 Å². The molecule has 7 nitrogen and oxygen atoms in total. The molecule has 0 unspecified atom stereocenters. The molecule has 180 valence electrons. The third-order valence-corrected chi connectivity index (χ3v) is 6.76. The van der Waals surface area contributed by atoms with E-state index in [1.807, 2.05) is 19.2 Å². The van der Waals surface area contributed by atoms with Gasteiger partial charge in [-0.1, -0.05) is 36.0 Å². The zero-order chi connectivity index (χ0) is 24.9. The number of thioether (sulfide) groups is 1. The minimum atomic E-state index is -0.507. The highest BCUT2D eigenvalue weighted by Crippen LogP contribution is 2.44. The van der Waals surface area contributed by atoms with Crippen molar-refractivity contribution in [3.63, 3.8) is 0 Å². The lowest BCUT2D eigenvalue weighted by molar-refractivity contribution is -0.113. The largest absolute Gasteiger partial charge is 0.493 e. The maximum Gasteiger partial charge on any atom is 0.234 e. The second-order valence-corrected chi connectivity index (χ2v) is 9.01. The number of rotatable bonds is 7. The maximum absolute atomic E-state index is 13.9. The van der Waals surface area contributed by atoms with Crippen molar-refractivity contribution in [2.24, 2.45) is 0 Å². The van der Waals surface area contributed by atoms with E-state index in [-0.39, 0.29) is 17.3 Å². The number of hydrogen-bond acceptors (Lipinski definition) is 7. The highest BCUT2D eigenvalue weighted by Gasteiger charge is 2.27.